The molecule has 0 fully saturated rings. The number of benzene rings is 1. The average molecular weight is 297 g/mol. The molecule has 0 bridgehead atoms. The van der Waals surface area contributed by atoms with Gasteiger partial charge in [0.05, 0.1) is 11.2 Å². The summed E-state index contributed by atoms with van der Waals surface area (Å²) in [6.45, 7) is 4.38. The van der Waals surface area contributed by atoms with Crippen molar-refractivity contribution in [3.8, 4) is 5.75 Å². The maximum Gasteiger partial charge on any atom is 0.131 e. The Bertz CT molecular complexity index is 502. The lowest BCUT2D eigenvalue weighted by atomic mass is 10.2. The summed E-state index contributed by atoms with van der Waals surface area (Å²) in [6, 6.07) is 5.71. The van der Waals surface area contributed by atoms with Crippen molar-refractivity contribution in [2.45, 2.75) is 26.5 Å². The van der Waals surface area contributed by atoms with E-state index in [1.54, 1.807) is 11.3 Å². The number of hydrogen-bond donors (Lipinski definition) is 1. The zero-order valence-electron chi connectivity index (χ0n) is 10.9. The molecular formula is C14H17ClN2OS. The van der Waals surface area contributed by atoms with E-state index in [0.717, 1.165) is 41.5 Å². The number of rotatable bonds is 7. The highest BCUT2D eigenvalue weighted by Crippen LogP contribution is 2.23. The van der Waals surface area contributed by atoms with E-state index in [9.17, 15) is 0 Å². The minimum absolute atomic E-state index is 0.492. The van der Waals surface area contributed by atoms with Gasteiger partial charge in [0.1, 0.15) is 12.4 Å². The van der Waals surface area contributed by atoms with Crippen LogP contribution in [0.4, 0.5) is 0 Å². The molecule has 0 saturated heterocycles. The van der Waals surface area contributed by atoms with Crippen LogP contribution in [0.5, 0.6) is 5.75 Å². The molecule has 5 heteroatoms. The molecule has 0 unspecified atom stereocenters. The molecule has 0 aliphatic heterocycles. The van der Waals surface area contributed by atoms with Crippen LogP contribution < -0.4 is 10.1 Å². The fourth-order valence-corrected chi connectivity index (χ4v) is 2.43. The second-order valence-electron chi connectivity index (χ2n) is 4.20. The summed E-state index contributed by atoms with van der Waals surface area (Å²) in [4.78, 5) is 4.21. The first-order valence-corrected chi connectivity index (χ1v) is 7.60. The Hall–Kier alpha value is -1.10. The van der Waals surface area contributed by atoms with Crippen molar-refractivity contribution >= 4 is 22.9 Å². The second-order valence-corrected chi connectivity index (χ2v) is 5.35. The zero-order valence-corrected chi connectivity index (χ0v) is 12.4. The highest BCUT2D eigenvalue weighted by atomic mass is 35.5. The van der Waals surface area contributed by atoms with Gasteiger partial charge >= 0.3 is 0 Å². The summed E-state index contributed by atoms with van der Waals surface area (Å²) in [6.07, 6.45) is 1.11. The number of halogens is 1. The molecular weight excluding hydrogens is 280 g/mol. The maximum absolute atomic E-state index is 6.04. The molecule has 2 rings (SSSR count). The Morgan fingerprint density at radius 2 is 2.32 bits per heavy atom. The maximum atomic E-state index is 6.04. The number of ether oxygens (including phenoxy) is 1. The van der Waals surface area contributed by atoms with Gasteiger partial charge < -0.3 is 10.1 Å². The summed E-state index contributed by atoms with van der Waals surface area (Å²) >= 11 is 7.61. The van der Waals surface area contributed by atoms with E-state index < -0.39 is 0 Å². The van der Waals surface area contributed by atoms with Crippen molar-refractivity contribution in [3.05, 3.63) is 45.4 Å². The first-order valence-electron chi connectivity index (χ1n) is 6.28. The molecule has 1 N–H and O–H groups in total. The number of nitrogens with one attached hydrogen (secondary N) is 1. The standard InChI is InChI=1S/C14H17ClN2OS/c1-2-5-16-7-11-6-12(15)3-4-14(11)18-8-13-9-19-10-17-13/h3-4,6,9-10,16H,2,5,7-8H2,1H3. The lowest BCUT2D eigenvalue weighted by Crippen LogP contribution is -2.14. The third-order valence-electron chi connectivity index (χ3n) is 2.62. The molecule has 0 saturated carbocycles. The van der Waals surface area contributed by atoms with E-state index in [2.05, 4.69) is 17.2 Å². The first-order chi connectivity index (χ1) is 9.29. The number of thiazole rings is 1. The summed E-state index contributed by atoms with van der Waals surface area (Å²) in [5.74, 6) is 0.862. The van der Waals surface area contributed by atoms with Crippen molar-refractivity contribution in [1.29, 1.82) is 0 Å². The van der Waals surface area contributed by atoms with Crippen LogP contribution in [-0.2, 0) is 13.2 Å². The lowest BCUT2D eigenvalue weighted by molar-refractivity contribution is 0.298. The first kappa shape index (κ1) is 14.3. The summed E-state index contributed by atoms with van der Waals surface area (Å²) in [7, 11) is 0. The predicted octanol–water partition coefficient (Wildman–Crippen LogP) is 3.88. The molecule has 0 radical (unpaired) electrons. The van der Waals surface area contributed by atoms with Crippen LogP contribution in [0.25, 0.3) is 0 Å². The molecule has 0 atom stereocenters. The Balaban J connectivity index is 2.01. The molecule has 1 aromatic carbocycles. The highest BCUT2D eigenvalue weighted by Gasteiger charge is 2.05. The van der Waals surface area contributed by atoms with Gasteiger partial charge in [-0.1, -0.05) is 18.5 Å². The highest BCUT2D eigenvalue weighted by molar-refractivity contribution is 7.07. The van der Waals surface area contributed by atoms with Gasteiger partial charge in [-0.15, -0.1) is 11.3 Å². The van der Waals surface area contributed by atoms with Gasteiger partial charge in [-0.25, -0.2) is 4.98 Å². The molecule has 19 heavy (non-hydrogen) atoms. The Labute approximate surface area is 122 Å². The fraction of sp³-hybridized carbons (Fsp3) is 0.357. The third-order valence-corrected chi connectivity index (χ3v) is 3.49. The van der Waals surface area contributed by atoms with Crippen molar-refractivity contribution < 1.29 is 4.74 Å². The Kier molecular flexibility index (Phi) is 5.63. The zero-order chi connectivity index (χ0) is 13.5. The fourth-order valence-electron chi connectivity index (χ4n) is 1.69. The van der Waals surface area contributed by atoms with E-state index in [4.69, 9.17) is 16.3 Å². The van der Waals surface area contributed by atoms with Crippen LogP contribution >= 0.6 is 22.9 Å². The Morgan fingerprint density at radius 1 is 1.42 bits per heavy atom. The van der Waals surface area contributed by atoms with Gasteiger partial charge in [-0.05, 0) is 31.2 Å². The molecule has 1 heterocycles. The molecule has 0 aliphatic carbocycles. The van der Waals surface area contributed by atoms with Crippen molar-refractivity contribution in [2.75, 3.05) is 6.54 Å². The van der Waals surface area contributed by atoms with Crippen molar-refractivity contribution in [3.63, 3.8) is 0 Å². The third kappa shape index (κ3) is 4.49. The van der Waals surface area contributed by atoms with Crippen LogP contribution in [0.1, 0.15) is 24.6 Å². The normalized spacial score (nSPS) is 10.6. The topological polar surface area (TPSA) is 34.1 Å². The number of nitrogens with zero attached hydrogens (tertiary/aromatic N) is 1. The van der Waals surface area contributed by atoms with Gasteiger partial charge in [-0.3, -0.25) is 0 Å². The van der Waals surface area contributed by atoms with E-state index >= 15 is 0 Å². The van der Waals surface area contributed by atoms with E-state index in [0.29, 0.717) is 6.61 Å². The number of aromatic nitrogens is 1. The predicted molar refractivity (Wildman–Crippen MR) is 79.9 cm³/mol. The largest absolute Gasteiger partial charge is 0.487 e. The SMILES string of the molecule is CCCNCc1cc(Cl)ccc1OCc1cscn1. The molecule has 0 aliphatic rings. The summed E-state index contributed by atoms with van der Waals surface area (Å²) < 4.78 is 5.81. The van der Waals surface area contributed by atoms with Gasteiger partial charge in [0.25, 0.3) is 0 Å². The van der Waals surface area contributed by atoms with Crippen LogP contribution in [0.15, 0.2) is 29.1 Å². The summed E-state index contributed by atoms with van der Waals surface area (Å²) in [5.41, 5.74) is 3.84. The quantitative estimate of drug-likeness (QED) is 0.788. The van der Waals surface area contributed by atoms with Crippen molar-refractivity contribution in [2.24, 2.45) is 0 Å². The van der Waals surface area contributed by atoms with E-state index in [1.807, 2.05) is 29.1 Å². The average Bonchev–Trinajstić information content (AvgIpc) is 2.91. The molecule has 102 valence electrons. The molecule has 0 amide bonds. The van der Waals surface area contributed by atoms with Gasteiger partial charge in [0.15, 0.2) is 0 Å². The van der Waals surface area contributed by atoms with Crippen LogP contribution in [0, 0.1) is 0 Å². The monoisotopic (exact) mass is 296 g/mol. The second kappa shape index (κ2) is 7.48. The van der Waals surface area contributed by atoms with Gasteiger partial charge in [0, 0.05) is 22.5 Å². The van der Waals surface area contributed by atoms with Gasteiger partial charge in [0.2, 0.25) is 0 Å². The lowest BCUT2D eigenvalue weighted by Gasteiger charge is -2.12. The smallest absolute Gasteiger partial charge is 0.131 e. The molecule has 2 aromatic rings. The molecule has 1 aromatic heterocycles. The van der Waals surface area contributed by atoms with Crippen LogP contribution in [-0.4, -0.2) is 11.5 Å². The van der Waals surface area contributed by atoms with Gasteiger partial charge in [-0.2, -0.15) is 0 Å². The van der Waals surface area contributed by atoms with E-state index in [-0.39, 0.29) is 0 Å². The minimum Gasteiger partial charge on any atom is -0.487 e. The van der Waals surface area contributed by atoms with Crippen LogP contribution in [0.3, 0.4) is 0 Å². The summed E-state index contributed by atoms with van der Waals surface area (Å²) in [5, 5.41) is 6.08. The molecule has 0 spiro atoms. The van der Waals surface area contributed by atoms with Crippen LogP contribution in [0.2, 0.25) is 5.02 Å². The minimum atomic E-state index is 0.492. The van der Waals surface area contributed by atoms with E-state index in [1.165, 1.54) is 0 Å². The van der Waals surface area contributed by atoms with Crippen molar-refractivity contribution in [1.82, 2.24) is 10.3 Å². The number of hydrogen-bond acceptors (Lipinski definition) is 4. The Morgan fingerprint density at radius 3 is 3.05 bits per heavy atom. The molecule has 3 nitrogen and oxygen atoms in total.